The van der Waals surface area contributed by atoms with Gasteiger partial charge in [-0.25, -0.2) is 0 Å². The summed E-state index contributed by atoms with van der Waals surface area (Å²) >= 11 is 0. The van der Waals surface area contributed by atoms with Crippen LogP contribution < -0.4 is 5.32 Å². The van der Waals surface area contributed by atoms with Gasteiger partial charge in [-0.15, -0.1) is 0 Å². The van der Waals surface area contributed by atoms with Gasteiger partial charge in [-0.1, -0.05) is 13.5 Å². The first kappa shape index (κ1) is 8.21. The van der Waals surface area contributed by atoms with E-state index in [1.807, 2.05) is 6.92 Å². The lowest BCUT2D eigenvalue weighted by Gasteiger charge is -2.07. The fraction of sp³-hybridized carbons (Fsp3) is 0.429. The van der Waals surface area contributed by atoms with E-state index in [9.17, 15) is 4.79 Å². The zero-order chi connectivity index (χ0) is 7.28. The summed E-state index contributed by atoms with van der Waals surface area (Å²) in [6.07, 6.45) is 1.96. The molecule has 1 unspecified atom stereocenters. The number of rotatable bonds is 3. The largest absolute Gasteiger partial charge is 0.350 e. The molecule has 0 aliphatic heterocycles. The molecular formula is C7H12NO. The van der Waals surface area contributed by atoms with Gasteiger partial charge in [0.15, 0.2) is 0 Å². The fourth-order valence-electron chi connectivity index (χ4n) is 0.374. The Morgan fingerprint density at radius 3 is 2.78 bits per heavy atom. The minimum atomic E-state index is -0.133. The second kappa shape index (κ2) is 4.13. The van der Waals surface area contributed by atoms with Crippen molar-refractivity contribution in [1.29, 1.82) is 0 Å². The van der Waals surface area contributed by atoms with Crippen molar-refractivity contribution in [3.05, 3.63) is 19.6 Å². The third-order valence-corrected chi connectivity index (χ3v) is 1.01. The lowest BCUT2D eigenvalue weighted by molar-refractivity contribution is -0.117. The molecule has 0 spiro atoms. The highest BCUT2D eigenvalue weighted by Crippen LogP contribution is 1.85. The van der Waals surface area contributed by atoms with E-state index in [1.165, 1.54) is 6.08 Å². The normalized spacial score (nSPS) is 12.2. The molecule has 0 bridgehead atoms. The van der Waals surface area contributed by atoms with Crippen molar-refractivity contribution in [2.24, 2.45) is 0 Å². The third kappa shape index (κ3) is 3.76. The van der Waals surface area contributed by atoms with Gasteiger partial charge in [0.25, 0.3) is 0 Å². The topological polar surface area (TPSA) is 29.1 Å². The third-order valence-electron chi connectivity index (χ3n) is 1.01. The Balaban J connectivity index is 3.46. The fourth-order valence-corrected chi connectivity index (χ4v) is 0.374. The SMILES string of the molecule is [CH2]CC(C)NC(=O)C=C. The maximum atomic E-state index is 10.5. The quantitative estimate of drug-likeness (QED) is 0.559. The minimum absolute atomic E-state index is 0.133. The van der Waals surface area contributed by atoms with E-state index in [-0.39, 0.29) is 11.9 Å². The first-order valence-electron chi connectivity index (χ1n) is 2.93. The summed E-state index contributed by atoms with van der Waals surface area (Å²) in [5.74, 6) is -0.133. The van der Waals surface area contributed by atoms with E-state index in [0.717, 1.165) is 0 Å². The van der Waals surface area contributed by atoms with Crippen molar-refractivity contribution < 1.29 is 4.79 Å². The van der Waals surface area contributed by atoms with E-state index in [4.69, 9.17) is 0 Å². The van der Waals surface area contributed by atoms with Crippen molar-refractivity contribution in [1.82, 2.24) is 5.32 Å². The average Bonchev–Trinajstić information content (AvgIpc) is 1.87. The smallest absolute Gasteiger partial charge is 0.243 e. The molecule has 0 aromatic heterocycles. The molecule has 0 heterocycles. The van der Waals surface area contributed by atoms with Crippen LogP contribution in [0.1, 0.15) is 13.3 Å². The van der Waals surface area contributed by atoms with E-state index in [0.29, 0.717) is 6.42 Å². The van der Waals surface area contributed by atoms with E-state index in [1.54, 1.807) is 0 Å². The number of hydrogen-bond donors (Lipinski definition) is 1. The van der Waals surface area contributed by atoms with Gasteiger partial charge >= 0.3 is 0 Å². The molecule has 1 radical (unpaired) electrons. The molecule has 0 aromatic rings. The minimum Gasteiger partial charge on any atom is -0.350 e. The lowest BCUT2D eigenvalue weighted by Crippen LogP contribution is -2.30. The maximum absolute atomic E-state index is 10.5. The molecule has 1 atom stereocenters. The van der Waals surface area contributed by atoms with Crippen LogP contribution in [-0.2, 0) is 4.79 Å². The molecule has 0 rings (SSSR count). The Morgan fingerprint density at radius 2 is 2.44 bits per heavy atom. The van der Waals surface area contributed by atoms with E-state index in [2.05, 4.69) is 18.8 Å². The zero-order valence-electron chi connectivity index (χ0n) is 5.68. The van der Waals surface area contributed by atoms with Crippen LogP contribution >= 0.6 is 0 Å². The highest BCUT2D eigenvalue weighted by Gasteiger charge is 1.98. The van der Waals surface area contributed by atoms with E-state index >= 15 is 0 Å². The molecule has 2 nitrogen and oxygen atoms in total. The monoisotopic (exact) mass is 126 g/mol. The van der Waals surface area contributed by atoms with Crippen LogP contribution in [0.3, 0.4) is 0 Å². The van der Waals surface area contributed by atoms with Crippen molar-refractivity contribution >= 4 is 5.91 Å². The average molecular weight is 126 g/mol. The molecule has 9 heavy (non-hydrogen) atoms. The number of carbonyl (C=O) groups is 1. The lowest BCUT2D eigenvalue weighted by atomic mass is 10.2. The highest BCUT2D eigenvalue weighted by molar-refractivity contribution is 5.87. The first-order chi connectivity index (χ1) is 4.20. The van der Waals surface area contributed by atoms with Gasteiger partial charge in [0.05, 0.1) is 0 Å². The Kier molecular flexibility index (Phi) is 3.76. The van der Waals surface area contributed by atoms with Crippen LogP contribution in [-0.4, -0.2) is 11.9 Å². The van der Waals surface area contributed by atoms with Gasteiger partial charge in [0, 0.05) is 6.04 Å². The van der Waals surface area contributed by atoms with Gasteiger partial charge in [0.2, 0.25) is 5.91 Å². The molecular weight excluding hydrogens is 114 g/mol. The van der Waals surface area contributed by atoms with E-state index < -0.39 is 0 Å². The molecule has 1 amide bonds. The zero-order valence-corrected chi connectivity index (χ0v) is 5.68. The molecule has 0 aromatic carbocycles. The number of amides is 1. The van der Waals surface area contributed by atoms with Crippen molar-refractivity contribution in [3.8, 4) is 0 Å². The van der Waals surface area contributed by atoms with Crippen LogP contribution in [0, 0.1) is 6.92 Å². The summed E-state index contributed by atoms with van der Waals surface area (Å²) in [6.45, 7) is 8.84. The number of nitrogens with one attached hydrogen (secondary N) is 1. The first-order valence-corrected chi connectivity index (χ1v) is 2.93. The van der Waals surface area contributed by atoms with Crippen LogP contribution in [0.4, 0.5) is 0 Å². The Morgan fingerprint density at radius 1 is 1.89 bits per heavy atom. The van der Waals surface area contributed by atoms with Gasteiger partial charge in [0.1, 0.15) is 0 Å². The van der Waals surface area contributed by atoms with Crippen LogP contribution in [0.2, 0.25) is 0 Å². The van der Waals surface area contributed by atoms with Crippen molar-refractivity contribution in [2.75, 3.05) is 0 Å². The summed E-state index contributed by atoms with van der Waals surface area (Å²) < 4.78 is 0. The van der Waals surface area contributed by atoms with Crippen molar-refractivity contribution in [2.45, 2.75) is 19.4 Å². The number of carbonyl (C=O) groups excluding carboxylic acids is 1. The molecule has 0 aliphatic carbocycles. The summed E-state index contributed by atoms with van der Waals surface area (Å²) in [5, 5.41) is 2.66. The molecule has 0 fully saturated rings. The summed E-state index contributed by atoms with van der Waals surface area (Å²) in [7, 11) is 0. The second-order valence-electron chi connectivity index (χ2n) is 1.90. The predicted molar refractivity (Wildman–Crippen MR) is 37.8 cm³/mol. The molecule has 1 N–H and O–H groups in total. The van der Waals surface area contributed by atoms with Gasteiger partial charge in [-0.3, -0.25) is 4.79 Å². The Labute approximate surface area is 56.0 Å². The van der Waals surface area contributed by atoms with Crippen molar-refractivity contribution in [3.63, 3.8) is 0 Å². The summed E-state index contributed by atoms with van der Waals surface area (Å²) in [5.41, 5.74) is 0. The summed E-state index contributed by atoms with van der Waals surface area (Å²) in [4.78, 5) is 10.5. The van der Waals surface area contributed by atoms with Gasteiger partial charge in [-0.2, -0.15) is 0 Å². The molecule has 0 aliphatic rings. The Hall–Kier alpha value is -0.790. The maximum Gasteiger partial charge on any atom is 0.243 e. The molecule has 0 saturated heterocycles. The summed E-state index contributed by atoms with van der Waals surface area (Å²) in [6, 6.07) is 0.149. The standard InChI is InChI=1S/C7H12NO/c1-4-6(3)8-7(9)5-2/h5-6H,1-2,4H2,3H3,(H,8,9). The molecule has 0 saturated carbocycles. The van der Waals surface area contributed by atoms with Crippen LogP contribution in [0.5, 0.6) is 0 Å². The predicted octanol–water partition coefficient (Wildman–Crippen LogP) is 0.901. The second-order valence-corrected chi connectivity index (χ2v) is 1.90. The van der Waals surface area contributed by atoms with Gasteiger partial charge < -0.3 is 5.32 Å². The van der Waals surface area contributed by atoms with Crippen LogP contribution in [0.15, 0.2) is 12.7 Å². The highest BCUT2D eigenvalue weighted by atomic mass is 16.1. The van der Waals surface area contributed by atoms with Gasteiger partial charge in [-0.05, 0) is 19.4 Å². The number of hydrogen-bond acceptors (Lipinski definition) is 1. The Bertz CT molecular complexity index is 109. The van der Waals surface area contributed by atoms with Crippen LogP contribution in [0.25, 0.3) is 0 Å². The molecule has 2 heteroatoms. The molecule has 51 valence electrons.